The first-order valence-corrected chi connectivity index (χ1v) is 9.80. The lowest BCUT2D eigenvalue weighted by Crippen LogP contribution is -2.52. The first-order valence-electron chi connectivity index (χ1n) is 9.37. The molecule has 1 aliphatic rings. The van der Waals surface area contributed by atoms with Crippen LogP contribution in [0.25, 0.3) is 0 Å². The summed E-state index contributed by atoms with van der Waals surface area (Å²) in [6.07, 6.45) is -1.78. The molecule has 3 rings (SSSR count). The van der Waals surface area contributed by atoms with Crippen LogP contribution in [-0.2, 0) is 14.3 Å². The zero-order valence-corrected chi connectivity index (χ0v) is 17.6. The number of carbonyl (C=O) groups is 2. The van der Waals surface area contributed by atoms with E-state index < -0.39 is 60.8 Å². The number of anilines is 1. The highest BCUT2D eigenvalue weighted by molar-refractivity contribution is 6.32. The van der Waals surface area contributed by atoms with E-state index in [-0.39, 0.29) is 11.3 Å². The second-order valence-corrected chi connectivity index (χ2v) is 7.35. The fourth-order valence-electron chi connectivity index (χ4n) is 3.12. The van der Waals surface area contributed by atoms with Crippen molar-refractivity contribution in [2.75, 3.05) is 18.1 Å². The van der Waals surface area contributed by atoms with E-state index in [1.165, 1.54) is 0 Å². The monoisotopic (exact) mass is 512 g/mol. The Balaban J connectivity index is 2.02. The lowest BCUT2D eigenvalue weighted by Gasteiger charge is -2.32. The molecule has 0 spiro atoms. The van der Waals surface area contributed by atoms with Gasteiger partial charge in [0.1, 0.15) is 30.8 Å². The van der Waals surface area contributed by atoms with Gasteiger partial charge in [-0.25, -0.2) is 23.1 Å². The van der Waals surface area contributed by atoms with Gasteiger partial charge in [-0.1, -0.05) is 11.6 Å². The van der Waals surface area contributed by atoms with Crippen LogP contribution in [0.3, 0.4) is 0 Å². The normalized spacial score (nSPS) is 19.2. The lowest BCUT2D eigenvalue weighted by molar-refractivity contribution is -0.274. The topological polar surface area (TPSA) is 93.6 Å². The molecule has 34 heavy (non-hydrogen) atoms. The summed E-state index contributed by atoms with van der Waals surface area (Å²) in [6, 6.07) is -0.120. The third-order valence-corrected chi connectivity index (χ3v) is 4.77. The lowest BCUT2D eigenvalue weighted by atomic mass is 10.0. The minimum Gasteiger partial charge on any atom is -0.406 e. The molecule has 1 N–H and O–H groups in total. The summed E-state index contributed by atoms with van der Waals surface area (Å²) in [7, 11) is 0. The van der Waals surface area contributed by atoms with E-state index in [2.05, 4.69) is 24.8 Å². The number of nitrogens with zero attached hydrogens (tertiary/aromatic N) is 3. The first-order chi connectivity index (χ1) is 15.9. The molecular weight excluding hydrogens is 498 g/mol. The molecule has 2 aromatic rings. The quantitative estimate of drug-likeness (QED) is 0.453. The van der Waals surface area contributed by atoms with Crippen molar-refractivity contribution in [1.29, 1.82) is 0 Å². The number of hydrogen-bond acceptors (Lipinski definition) is 6. The molecule has 0 unspecified atom stereocenters. The second kappa shape index (κ2) is 10.0. The SMILES string of the molecule is O=C(N[C@H]1COCC1(F)F)[C@@H](c1cncnc1)N(C(=O)[C@H](F)Cl)c1ccc(OC(F)(F)F)cc1. The Morgan fingerprint density at radius 3 is 2.32 bits per heavy atom. The number of carbonyl (C=O) groups excluding carboxylic acids is 2. The van der Waals surface area contributed by atoms with Gasteiger partial charge in [0.2, 0.25) is 5.91 Å². The van der Waals surface area contributed by atoms with Gasteiger partial charge in [-0.15, -0.1) is 13.2 Å². The van der Waals surface area contributed by atoms with Gasteiger partial charge in [-0.3, -0.25) is 14.5 Å². The standard InChI is InChI=1S/C19H15ClF6N4O4/c20-15(21)17(32)30(11-1-3-12(4-2-11)34-19(24,25)26)14(10-5-27-9-28-6-10)16(31)29-13-7-33-8-18(13,22)23/h1-6,9,13-15H,7-8H2,(H,29,31)/t13-,14+,15-/m0/s1. The average Bonchev–Trinajstić information content (AvgIpc) is 3.09. The minimum absolute atomic E-state index is 0.122. The van der Waals surface area contributed by atoms with Crippen LogP contribution in [0, 0.1) is 0 Å². The predicted octanol–water partition coefficient (Wildman–Crippen LogP) is 3.13. The summed E-state index contributed by atoms with van der Waals surface area (Å²) < 4.78 is 87.7. The van der Waals surface area contributed by atoms with E-state index in [1.54, 1.807) is 0 Å². The van der Waals surface area contributed by atoms with Crippen molar-refractivity contribution in [2.24, 2.45) is 0 Å². The van der Waals surface area contributed by atoms with Crippen molar-refractivity contribution < 1.29 is 45.4 Å². The predicted molar refractivity (Wildman–Crippen MR) is 104 cm³/mol. The zero-order chi connectivity index (χ0) is 25.1. The van der Waals surface area contributed by atoms with Crippen molar-refractivity contribution in [3.8, 4) is 5.75 Å². The molecule has 2 amide bonds. The Kier molecular flexibility index (Phi) is 7.51. The molecule has 0 bridgehead atoms. The van der Waals surface area contributed by atoms with Gasteiger partial charge < -0.3 is 14.8 Å². The summed E-state index contributed by atoms with van der Waals surface area (Å²) in [4.78, 5) is 33.7. The Bertz CT molecular complexity index is 1010. The van der Waals surface area contributed by atoms with E-state index in [9.17, 15) is 35.9 Å². The maximum absolute atomic E-state index is 14.0. The van der Waals surface area contributed by atoms with E-state index in [1.807, 2.05) is 0 Å². The maximum Gasteiger partial charge on any atom is 0.573 e. The molecule has 1 saturated heterocycles. The molecule has 1 aliphatic heterocycles. The van der Waals surface area contributed by atoms with Gasteiger partial charge in [0, 0.05) is 23.6 Å². The van der Waals surface area contributed by atoms with Crippen molar-refractivity contribution in [1.82, 2.24) is 15.3 Å². The number of amides is 2. The fourth-order valence-corrected chi connectivity index (χ4v) is 3.23. The second-order valence-electron chi connectivity index (χ2n) is 6.96. The average molecular weight is 513 g/mol. The Labute approximate surface area is 192 Å². The number of aromatic nitrogens is 2. The first kappa shape index (κ1) is 25.5. The molecular formula is C19H15ClF6N4O4. The van der Waals surface area contributed by atoms with Crippen LogP contribution < -0.4 is 15.0 Å². The molecule has 1 aromatic carbocycles. The molecule has 8 nitrogen and oxygen atoms in total. The van der Waals surface area contributed by atoms with E-state index in [0.29, 0.717) is 4.90 Å². The molecule has 1 fully saturated rings. The number of halogens is 7. The van der Waals surface area contributed by atoms with Crippen LogP contribution >= 0.6 is 11.6 Å². The maximum atomic E-state index is 14.0. The summed E-state index contributed by atoms with van der Waals surface area (Å²) >= 11 is 5.31. The van der Waals surface area contributed by atoms with Crippen LogP contribution in [0.4, 0.5) is 32.0 Å². The summed E-state index contributed by atoms with van der Waals surface area (Å²) in [6.45, 7) is -1.48. The number of rotatable bonds is 7. The van der Waals surface area contributed by atoms with Crippen molar-refractivity contribution in [2.45, 2.75) is 30.0 Å². The number of hydrogen-bond donors (Lipinski definition) is 1. The number of benzene rings is 1. The molecule has 2 heterocycles. The summed E-state index contributed by atoms with van der Waals surface area (Å²) in [5.41, 5.74) is -3.10. The summed E-state index contributed by atoms with van der Waals surface area (Å²) in [5.74, 6) is -6.78. The Morgan fingerprint density at radius 2 is 1.82 bits per heavy atom. The van der Waals surface area contributed by atoms with E-state index in [0.717, 1.165) is 43.0 Å². The molecule has 184 valence electrons. The largest absolute Gasteiger partial charge is 0.573 e. The van der Waals surface area contributed by atoms with Gasteiger partial charge in [0.25, 0.3) is 17.5 Å². The highest BCUT2D eigenvalue weighted by Gasteiger charge is 2.48. The summed E-state index contributed by atoms with van der Waals surface area (Å²) in [5, 5.41) is 2.05. The Hall–Kier alpha value is -3.13. The van der Waals surface area contributed by atoms with Crippen LogP contribution in [0.2, 0.25) is 0 Å². The molecule has 15 heteroatoms. The van der Waals surface area contributed by atoms with Crippen molar-refractivity contribution in [3.05, 3.63) is 48.5 Å². The van der Waals surface area contributed by atoms with Crippen molar-refractivity contribution in [3.63, 3.8) is 0 Å². The number of alkyl halides is 7. The van der Waals surface area contributed by atoms with Crippen LogP contribution in [0.5, 0.6) is 5.75 Å². The number of ether oxygens (including phenoxy) is 2. The van der Waals surface area contributed by atoms with E-state index >= 15 is 0 Å². The van der Waals surface area contributed by atoms with E-state index in [4.69, 9.17) is 11.6 Å². The highest BCUT2D eigenvalue weighted by Crippen LogP contribution is 2.33. The minimum atomic E-state index is -5.00. The highest BCUT2D eigenvalue weighted by atomic mass is 35.5. The van der Waals surface area contributed by atoms with Gasteiger partial charge in [-0.2, -0.15) is 0 Å². The molecule has 3 atom stereocenters. The van der Waals surface area contributed by atoms with Gasteiger partial charge >= 0.3 is 6.36 Å². The number of nitrogens with one attached hydrogen (secondary N) is 1. The van der Waals surface area contributed by atoms with Crippen molar-refractivity contribution >= 4 is 29.1 Å². The fraction of sp³-hybridized carbons (Fsp3) is 0.368. The smallest absolute Gasteiger partial charge is 0.406 e. The molecule has 0 saturated carbocycles. The van der Waals surface area contributed by atoms with Gasteiger partial charge in [0.15, 0.2) is 0 Å². The Morgan fingerprint density at radius 1 is 1.21 bits per heavy atom. The van der Waals surface area contributed by atoms with Crippen LogP contribution in [-0.4, -0.2) is 59.0 Å². The van der Waals surface area contributed by atoms with Gasteiger partial charge in [0.05, 0.1) is 6.61 Å². The van der Waals surface area contributed by atoms with Crippen LogP contribution in [0.15, 0.2) is 43.0 Å². The third kappa shape index (κ3) is 6.05. The zero-order valence-electron chi connectivity index (χ0n) is 16.8. The third-order valence-electron chi connectivity index (χ3n) is 4.58. The van der Waals surface area contributed by atoms with Gasteiger partial charge in [-0.05, 0) is 24.3 Å². The molecule has 0 radical (unpaired) electrons. The molecule has 1 aromatic heterocycles. The van der Waals surface area contributed by atoms with Crippen LogP contribution in [0.1, 0.15) is 11.6 Å². The molecule has 0 aliphatic carbocycles.